The van der Waals surface area contributed by atoms with Crippen LogP contribution in [0.5, 0.6) is 11.5 Å². The van der Waals surface area contributed by atoms with E-state index in [1.54, 1.807) is 0 Å². The molecule has 0 aliphatic rings. The van der Waals surface area contributed by atoms with Crippen molar-refractivity contribution in [3.8, 4) is 21.9 Å². The Hall–Kier alpha value is -2.62. The molecule has 3 heteroatoms. The van der Waals surface area contributed by atoms with Gasteiger partial charge in [-0.2, -0.15) is 0 Å². The van der Waals surface area contributed by atoms with Gasteiger partial charge in [0.15, 0.2) is 0 Å². The predicted molar refractivity (Wildman–Crippen MR) is 119 cm³/mol. The van der Waals surface area contributed by atoms with Crippen LogP contribution in [0.3, 0.4) is 0 Å². The number of hydrogen-bond acceptors (Lipinski definition) is 2. The molecule has 130 valence electrons. The van der Waals surface area contributed by atoms with Gasteiger partial charge in [-0.3, -0.25) is 0 Å². The van der Waals surface area contributed by atoms with Crippen LogP contribution in [0.1, 0.15) is 0 Å². The van der Waals surface area contributed by atoms with Gasteiger partial charge < -0.3 is 4.74 Å². The van der Waals surface area contributed by atoms with Gasteiger partial charge in [0.2, 0.25) is 0 Å². The monoisotopic (exact) mass is 430 g/mol. The second kappa shape index (κ2) is 6.84. The fraction of sp³-hybridized carbons (Fsp3) is 0. The largest absolute Gasteiger partial charge is 0.456 e. The van der Waals surface area contributed by atoms with Gasteiger partial charge in [0.25, 0.3) is 0 Å². The molecule has 0 saturated heterocycles. The number of halogens is 1. The minimum absolute atomic E-state index is 0.821. The third kappa shape index (κ3) is 3.25. The minimum Gasteiger partial charge on any atom is -0.456 e. The molecule has 0 fully saturated rings. The van der Waals surface area contributed by atoms with E-state index in [-0.39, 0.29) is 0 Å². The van der Waals surface area contributed by atoms with Crippen molar-refractivity contribution in [3.63, 3.8) is 0 Å². The first kappa shape index (κ1) is 16.5. The molecule has 5 rings (SSSR count). The van der Waals surface area contributed by atoms with E-state index in [9.17, 15) is 0 Å². The summed E-state index contributed by atoms with van der Waals surface area (Å²) in [7, 11) is 0. The van der Waals surface area contributed by atoms with Crippen LogP contribution in [0.15, 0.2) is 95.5 Å². The molecule has 0 aliphatic heterocycles. The number of fused-ring (bicyclic) bond motifs is 2. The minimum atomic E-state index is 0.821. The van der Waals surface area contributed by atoms with Crippen LogP contribution in [-0.2, 0) is 0 Å². The smallest absolute Gasteiger partial charge is 0.142 e. The fourth-order valence-electron chi connectivity index (χ4n) is 3.22. The maximum atomic E-state index is 6.07. The molecule has 1 aromatic heterocycles. The van der Waals surface area contributed by atoms with Gasteiger partial charge in [0.1, 0.15) is 11.5 Å². The van der Waals surface area contributed by atoms with E-state index in [4.69, 9.17) is 4.74 Å². The lowest BCUT2D eigenvalue weighted by Crippen LogP contribution is -1.86. The van der Waals surface area contributed by atoms with Crippen LogP contribution in [-0.4, -0.2) is 0 Å². The SMILES string of the molecule is Brc1cc2ccc(-c3cc4ccccc4s3)cc2cc1Oc1ccccc1. The van der Waals surface area contributed by atoms with Gasteiger partial charge in [-0.15, -0.1) is 11.3 Å². The molecule has 0 amide bonds. The maximum Gasteiger partial charge on any atom is 0.142 e. The summed E-state index contributed by atoms with van der Waals surface area (Å²) < 4.78 is 8.34. The third-order valence-corrected chi connectivity index (χ3v) is 6.36. The average Bonchev–Trinajstić information content (AvgIpc) is 3.13. The molecule has 0 bridgehead atoms. The van der Waals surface area contributed by atoms with Crippen LogP contribution in [0.25, 0.3) is 31.3 Å². The molecule has 1 heterocycles. The lowest BCUT2D eigenvalue weighted by atomic mass is 10.1. The zero-order chi connectivity index (χ0) is 18.2. The number of hydrogen-bond donors (Lipinski definition) is 0. The van der Waals surface area contributed by atoms with Crippen molar-refractivity contribution in [1.29, 1.82) is 0 Å². The summed E-state index contributed by atoms with van der Waals surface area (Å²) in [5.74, 6) is 1.65. The Morgan fingerprint density at radius 2 is 1.48 bits per heavy atom. The Labute approximate surface area is 170 Å². The van der Waals surface area contributed by atoms with Gasteiger partial charge in [-0.05, 0) is 80.1 Å². The van der Waals surface area contributed by atoms with Crippen LogP contribution in [0, 0.1) is 0 Å². The van der Waals surface area contributed by atoms with Gasteiger partial charge in [-0.25, -0.2) is 0 Å². The Morgan fingerprint density at radius 3 is 2.33 bits per heavy atom. The number of ether oxygens (including phenoxy) is 1. The second-order valence-electron chi connectivity index (χ2n) is 6.41. The summed E-state index contributed by atoms with van der Waals surface area (Å²) in [5.41, 5.74) is 1.23. The quantitative estimate of drug-likeness (QED) is 0.279. The van der Waals surface area contributed by atoms with Crippen LogP contribution < -0.4 is 4.74 Å². The number of benzene rings is 4. The van der Waals surface area contributed by atoms with Crippen LogP contribution in [0.4, 0.5) is 0 Å². The van der Waals surface area contributed by atoms with E-state index in [0.29, 0.717) is 0 Å². The first-order valence-corrected chi connectivity index (χ1v) is 10.3. The van der Waals surface area contributed by atoms with E-state index in [0.717, 1.165) is 16.0 Å². The van der Waals surface area contributed by atoms with Crippen molar-refractivity contribution in [2.24, 2.45) is 0 Å². The van der Waals surface area contributed by atoms with Crippen molar-refractivity contribution in [3.05, 3.63) is 95.5 Å². The lowest BCUT2D eigenvalue weighted by molar-refractivity contribution is 0.480. The summed E-state index contributed by atoms with van der Waals surface area (Å²) in [5, 5.41) is 3.65. The summed E-state index contributed by atoms with van der Waals surface area (Å²) >= 11 is 5.47. The molecule has 0 radical (unpaired) electrons. The normalized spacial score (nSPS) is 11.1. The molecule has 0 atom stereocenters. The van der Waals surface area contributed by atoms with Gasteiger partial charge in [-0.1, -0.05) is 48.5 Å². The van der Waals surface area contributed by atoms with Crippen molar-refractivity contribution in [2.45, 2.75) is 0 Å². The van der Waals surface area contributed by atoms with E-state index >= 15 is 0 Å². The molecular weight excluding hydrogens is 416 g/mol. The Bertz CT molecular complexity index is 1220. The third-order valence-electron chi connectivity index (χ3n) is 4.57. The molecule has 5 aromatic rings. The first-order valence-electron chi connectivity index (χ1n) is 8.71. The number of thiophene rings is 1. The first-order chi connectivity index (χ1) is 13.3. The zero-order valence-corrected chi connectivity index (χ0v) is 16.8. The van der Waals surface area contributed by atoms with Crippen molar-refractivity contribution in [1.82, 2.24) is 0 Å². The molecule has 27 heavy (non-hydrogen) atoms. The lowest BCUT2D eigenvalue weighted by Gasteiger charge is -2.10. The molecule has 0 spiro atoms. The van der Waals surface area contributed by atoms with E-state index in [2.05, 4.69) is 76.6 Å². The average molecular weight is 431 g/mol. The molecule has 0 N–H and O–H groups in total. The zero-order valence-electron chi connectivity index (χ0n) is 14.4. The standard InChI is InChI=1S/C24H15BrOS/c25-21-13-16-10-11-18(24-15-17-6-4-5-9-23(17)27-24)12-19(16)14-22(21)26-20-7-2-1-3-8-20/h1-15H. The van der Waals surface area contributed by atoms with Gasteiger partial charge >= 0.3 is 0 Å². The van der Waals surface area contributed by atoms with Crippen LogP contribution >= 0.6 is 27.3 Å². The van der Waals surface area contributed by atoms with Gasteiger partial charge in [0.05, 0.1) is 4.47 Å². The van der Waals surface area contributed by atoms with Crippen molar-refractivity contribution < 1.29 is 4.74 Å². The molecule has 0 aliphatic carbocycles. The highest BCUT2D eigenvalue weighted by Crippen LogP contribution is 2.38. The summed E-state index contributed by atoms with van der Waals surface area (Å²) in [6.07, 6.45) is 0. The Kier molecular flexibility index (Phi) is 4.19. The highest BCUT2D eigenvalue weighted by atomic mass is 79.9. The molecular formula is C24H15BrOS. The van der Waals surface area contributed by atoms with E-state index in [1.807, 2.05) is 41.7 Å². The van der Waals surface area contributed by atoms with Crippen LogP contribution in [0.2, 0.25) is 0 Å². The topological polar surface area (TPSA) is 9.23 Å². The van der Waals surface area contributed by atoms with E-state index in [1.165, 1.54) is 31.3 Å². The second-order valence-corrected chi connectivity index (χ2v) is 8.35. The predicted octanol–water partition coefficient (Wildman–Crippen LogP) is 8.28. The Balaban J connectivity index is 1.58. The van der Waals surface area contributed by atoms with Crippen molar-refractivity contribution in [2.75, 3.05) is 0 Å². The van der Waals surface area contributed by atoms with E-state index < -0.39 is 0 Å². The number of para-hydroxylation sites is 1. The molecule has 0 saturated carbocycles. The maximum absolute atomic E-state index is 6.07. The molecule has 1 nitrogen and oxygen atoms in total. The van der Waals surface area contributed by atoms with Gasteiger partial charge in [0, 0.05) is 9.58 Å². The summed E-state index contributed by atoms with van der Waals surface area (Å²) in [4.78, 5) is 1.28. The highest BCUT2D eigenvalue weighted by molar-refractivity contribution is 9.10. The molecule has 4 aromatic carbocycles. The summed E-state index contributed by atoms with van der Waals surface area (Å²) in [6, 6.07) is 31.5. The van der Waals surface area contributed by atoms with Crippen molar-refractivity contribution >= 4 is 48.1 Å². The summed E-state index contributed by atoms with van der Waals surface area (Å²) in [6.45, 7) is 0. The fourth-order valence-corrected chi connectivity index (χ4v) is 4.72. The number of rotatable bonds is 3. The highest BCUT2D eigenvalue weighted by Gasteiger charge is 2.09. The molecule has 0 unspecified atom stereocenters. The Morgan fingerprint density at radius 1 is 0.667 bits per heavy atom.